The first-order chi connectivity index (χ1) is 17.4. The fourth-order valence-electron chi connectivity index (χ4n) is 5.52. The smallest absolute Gasteiger partial charge is 0.251 e. The standard InChI is InChI=1S/C29H44N6O/c1-21(2)32-27(20-34-14-10-23-7-5-6-8-25(23)19-34)18-31-29(36)24-9-13-30-28(17-24)33-26-11-15-35(16-12-26)22(3)4/h6,8-9,13,17,21,26-27,32H,3,5,7,10-12,14-16,18-20H2,1-2,4H3,(H,30,33)(H,31,36). The minimum absolute atomic E-state index is 0.0491. The SMILES string of the molecule is C=C(C)N1CCC(Nc2cc(C(=O)NCC(CN3CCC4=C(C=CCC4)C3)NC(C)C)ccn2)CC1. The molecule has 1 fully saturated rings. The summed E-state index contributed by atoms with van der Waals surface area (Å²) in [5, 5.41) is 10.4. The van der Waals surface area contributed by atoms with E-state index in [4.69, 9.17) is 0 Å². The van der Waals surface area contributed by atoms with E-state index in [0.717, 1.165) is 57.1 Å². The van der Waals surface area contributed by atoms with Crippen LogP contribution in [0.3, 0.4) is 0 Å². The van der Waals surface area contributed by atoms with E-state index in [1.807, 2.05) is 6.07 Å². The first-order valence-corrected chi connectivity index (χ1v) is 13.6. The maximum atomic E-state index is 13.0. The van der Waals surface area contributed by atoms with Gasteiger partial charge in [0, 0.05) is 74.9 Å². The Morgan fingerprint density at radius 2 is 2.03 bits per heavy atom. The van der Waals surface area contributed by atoms with Gasteiger partial charge in [0.1, 0.15) is 5.82 Å². The van der Waals surface area contributed by atoms with Crippen LogP contribution >= 0.6 is 0 Å². The predicted octanol–water partition coefficient (Wildman–Crippen LogP) is 3.94. The van der Waals surface area contributed by atoms with Crippen LogP contribution in [0.5, 0.6) is 0 Å². The van der Waals surface area contributed by atoms with Crippen LogP contribution in [-0.2, 0) is 0 Å². The Morgan fingerprint density at radius 1 is 1.22 bits per heavy atom. The van der Waals surface area contributed by atoms with Gasteiger partial charge in [-0.25, -0.2) is 4.98 Å². The Hall–Kier alpha value is -2.64. The number of hydrogen-bond donors (Lipinski definition) is 3. The topological polar surface area (TPSA) is 72.5 Å². The molecule has 0 bridgehead atoms. The number of anilines is 1. The summed E-state index contributed by atoms with van der Waals surface area (Å²) in [4.78, 5) is 22.3. The van der Waals surface area contributed by atoms with Gasteiger partial charge < -0.3 is 20.9 Å². The van der Waals surface area contributed by atoms with Crippen LogP contribution < -0.4 is 16.0 Å². The minimum Gasteiger partial charge on any atom is -0.375 e. The normalized spacial score (nSPS) is 19.8. The van der Waals surface area contributed by atoms with Crippen molar-refractivity contribution in [1.29, 1.82) is 0 Å². The third-order valence-corrected chi connectivity index (χ3v) is 7.48. The second kappa shape index (κ2) is 12.5. The number of pyridine rings is 1. The van der Waals surface area contributed by atoms with Gasteiger partial charge in [0.05, 0.1) is 0 Å². The largest absolute Gasteiger partial charge is 0.375 e. The van der Waals surface area contributed by atoms with E-state index in [2.05, 4.69) is 70.2 Å². The zero-order chi connectivity index (χ0) is 25.5. The molecule has 0 aromatic carbocycles. The Morgan fingerprint density at radius 3 is 2.78 bits per heavy atom. The van der Waals surface area contributed by atoms with Crippen LogP contribution in [0.2, 0.25) is 0 Å². The molecule has 1 aromatic heterocycles. The zero-order valence-corrected chi connectivity index (χ0v) is 22.4. The maximum Gasteiger partial charge on any atom is 0.251 e. The van der Waals surface area contributed by atoms with Gasteiger partial charge in [-0.05, 0) is 56.7 Å². The Balaban J connectivity index is 1.29. The van der Waals surface area contributed by atoms with Crippen LogP contribution in [0.15, 0.2) is 53.9 Å². The Kier molecular flexibility index (Phi) is 9.21. The molecular weight excluding hydrogens is 448 g/mol. The highest BCUT2D eigenvalue weighted by Crippen LogP contribution is 2.27. The number of nitrogens with one attached hydrogen (secondary N) is 3. The summed E-state index contributed by atoms with van der Waals surface area (Å²) in [5.74, 6) is 0.721. The van der Waals surface area contributed by atoms with Crippen LogP contribution in [0.4, 0.5) is 5.82 Å². The summed E-state index contributed by atoms with van der Waals surface area (Å²) in [6.07, 6.45) is 12.0. The summed E-state index contributed by atoms with van der Waals surface area (Å²) >= 11 is 0. The third kappa shape index (κ3) is 7.43. The van der Waals surface area contributed by atoms with Gasteiger partial charge in [0.15, 0.2) is 0 Å². The number of aromatic nitrogens is 1. The van der Waals surface area contributed by atoms with Crippen molar-refractivity contribution >= 4 is 11.7 Å². The fraction of sp³-hybridized carbons (Fsp3) is 0.586. The molecule has 0 radical (unpaired) electrons. The molecule has 1 unspecified atom stereocenters. The van der Waals surface area contributed by atoms with Crippen LogP contribution in [0, 0.1) is 0 Å². The summed E-state index contributed by atoms with van der Waals surface area (Å²) in [6, 6.07) is 4.59. The lowest BCUT2D eigenvalue weighted by Crippen LogP contribution is -2.51. The first kappa shape index (κ1) is 26.4. The van der Waals surface area contributed by atoms with E-state index in [1.165, 1.54) is 24.8 Å². The first-order valence-electron chi connectivity index (χ1n) is 13.6. The number of hydrogen-bond acceptors (Lipinski definition) is 6. The molecule has 2 aliphatic heterocycles. The van der Waals surface area contributed by atoms with Crippen molar-refractivity contribution < 1.29 is 4.79 Å². The summed E-state index contributed by atoms with van der Waals surface area (Å²) in [5.41, 5.74) is 4.92. The highest BCUT2D eigenvalue weighted by Gasteiger charge is 2.23. The molecule has 7 heteroatoms. The van der Waals surface area contributed by atoms with Crippen LogP contribution in [-0.4, -0.2) is 78.1 Å². The Labute approximate surface area is 217 Å². The maximum absolute atomic E-state index is 13.0. The predicted molar refractivity (Wildman–Crippen MR) is 148 cm³/mol. The molecule has 7 nitrogen and oxygen atoms in total. The average molecular weight is 493 g/mol. The molecule has 4 rings (SSSR count). The zero-order valence-electron chi connectivity index (χ0n) is 22.4. The fourth-order valence-corrected chi connectivity index (χ4v) is 5.52. The molecular formula is C29H44N6O. The molecule has 0 saturated carbocycles. The second-order valence-electron chi connectivity index (χ2n) is 10.9. The van der Waals surface area contributed by atoms with E-state index < -0.39 is 0 Å². The molecule has 1 amide bonds. The molecule has 3 aliphatic rings. The lowest BCUT2D eigenvalue weighted by molar-refractivity contribution is 0.0945. The van der Waals surface area contributed by atoms with Crippen LogP contribution in [0.25, 0.3) is 0 Å². The highest BCUT2D eigenvalue weighted by atomic mass is 16.1. The number of nitrogens with zero attached hydrogens (tertiary/aromatic N) is 3. The summed E-state index contributed by atoms with van der Waals surface area (Å²) < 4.78 is 0. The third-order valence-electron chi connectivity index (χ3n) is 7.48. The van der Waals surface area contributed by atoms with Crippen molar-refractivity contribution in [1.82, 2.24) is 25.4 Å². The van der Waals surface area contributed by atoms with E-state index in [9.17, 15) is 4.79 Å². The van der Waals surface area contributed by atoms with Crippen molar-refractivity contribution in [3.63, 3.8) is 0 Å². The van der Waals surface area contributed by atoms with Gasteiger partial charge in [-0.1, -0.05) is 38.2 Å². The average Bonchev–Trinajstić information content (AvgIpc) is 2.87. The Bertz CT molecular complexity index is 976. The van der Waals surface area contributed by atoms with Crippen LogP contribution in [0.1, 0.15) is 63.2 Å². The summed E-state index contributed by atoms with van der Waals surface area (Å²) in [6.45, 7) is 16.1. The lowest BCUT2D eigenvalue weighted by atomic mass is 9.91. The molecule has 3 N–H and O–H groups in total. The molecule has 1 aromatic rings. The number of rotatable bonds is 10. The highest BCUT2D eigenvalue weighted by molar-refractivity contribution is 5.94. The van der Waals surface area contributed by atoms with E-state index in [1.54, 1.807) is 17.8 Å². The number of allylic oxidation sites excluding steroid dienone is 2. The number of carbonyl (C=O) groups excluding carboxylic acids is 1. The van der Waals surface area contributed by atoms with Crippen molar-refractivity contribution in [3.05, 3.63) is 59.5 Å². The van der Waals surface area contributed by atoms with Gasteiger partial charge in [-0.15, -0.1) is 0 Å². The minimum atomic E-state index is -0.0491. The molecule has 1 aliphatic carbocycles. The van der Waals surface area contributed by atoms with Gasteiger partial charge in [-0.3, -0.25) is 9.69 Å². The van der Waals surface area contributed by atoms with Gasteiger partial charge >= 0.3 is 0 Å². The molecule has 1 atom stereocenters. The molecule has 1 saturated heterocycles. The molecule has 36 heavy (non-hydrogen) atoms. The van der Waals surface area contributed by atoms with E-state index in [0.29, 0.717) is 24.2 Å². The quantitative estimate of drug-likeness (QED) is 0.460. The molecule has 0 spiro atoms. The number of amides is 1. The van der Waals surface area contributed by atoms with Gasteiger partial charge in [0.25, 0.3) is 5.91 Å². The van der Waals surface area contributed by atoms with E-state index >= 15 is 0 Å². The van der Waals surface area contributed by atoms with E-state index in [-0.39, 0.29) is 11.9 Å². The lowest BCUT2D eigenvalue weighted by Gasteiger charge is -2.34. The molecule has 3 heterocycles. The molecule has 196 valence electrons. The van der Waals surface area contributed by atoms with Crippen molar-refractivity contribution in [3.8, 4) is 0 Å². The second-order valence-corrected chi connectivity index (χ2v) is 10.9. The van der Waals surface area contributed by atoms with Crippen molar-refractivity contribution in [2.24, 2.45) is 0 Å². The number of piperidine rings is 1. The van der Waals surface area contributed by atoms with Crippen molar-refractivity contribution in [2.75, 3.05) is 44.6 Å². The van der Waals surface area contributed by atoms with Crippen molar-refractivity contribution in [2.45, 2.75) is 71.0 Å². The van der Waals surface area contributed by atoms with Gasteiger partial charge in [-0.2, -0.15) is 0 Å². The summed E-state index contributed by atoms with van der Waals surface area (Å²) in [7, 11) is 0. The number of likely N-dealkylation sites (tertiary alicyclic amines) is 1. The number of carbonyl (C=O) groups is 1. The monoisotopic (exact) mass is 492 g/mol. The van der Waals surface area contributed by atoms with Gasteiger partial charge in [0.2, 0.25) is 0 Å².